The molecule has 1 heterocycles. The third kappa shape index (κ3) is 5.65. The van der Waals surface area contributed by atoms with Gasteiger partial charge in [0.25, 0.3) is 0 Å². The number of terminal acetylenes is 1. The van der Waals surface area contributed by atoms with Crippen LogP contribution >= 0.6 is 0 Å². The molecule has 0 spiro atoms. The highest BCUT2D eigenvalue weighted by molar-refractivity contribution is 4.73. The number of hydrogen-bond donors (Lipinski definition) is 0. The molecule has 1 fully saturated rings. The molecule has 0 aromatic heterocycles. The van der Waals surface area contributed by atoms with Crippen LogP contribution in [0.2, 0.25) is 0 Å². The molecule has 0 radical (unpaired) electrons. The van der Waals surface area contributed by atoms with Crippen molar-refractivity contribution in [2.24, 2.45) is 0 Å². The number of piperidine rings is 1. The molecule has 1 saturated heterocycles. The third-order valence-corrected chi connectivity index (χ3v) is 1.58. The second-order valence-corrected chi connectivity index (χ2v) is 2.65. The van der Waals surface area contributed by atoms with Crippen molar-refractivity contribution in [3.63, 3.8) is 0 Å². The first-order chi connectivity index (χ1) is 4.81. The topological polar surface area (TPSA) is 3.24 Å². The van der Waals surface area contributed by atoms with Gasteiger partial charge in [-0.1, -0.05) is 6.42 Å². The molecule has 1 rings (SSSR count). The Hall–Kier alpha value is -0.480. The van der Waals surface area contributed by atoms with Crippen molar-refractivity contribution in [3.8, 4) is 12.3 Å². The van der Waals surface area contributed by atoms with E-state index in [4.69, 9.17) is 0 Å². The molecule has 0 aromatic rings. The average Bonchev–Trinajstić information content (AvgIpc) is 1.91. The summed E-state index contributed by atoms with van der Waals surface area (Å²) in [5.74, 6) is 2.25. The van der Waals surface area contributed by atoms with E-state index in [-0.39, 0.29) is 0 Å². The van der Waals surface area contributed by atoms with Crippen LogP contribution in [0.1, 0.15) is 26.2 Å². The molecule has 0 saturated carbocycles. The fraction of sp³-hybridized carbons (Fsp3) is 0.778. The molecule has 0 atom stereocenters. The Balaban J connectivity index is 0.000000236. The standard InChI is InChI=1S/C6H13N.C3H4/c1-7-5-3-2-4-6-7;1-3-2/h2-6H2,1H3;1H,2H3. The number of nitrogens with zero attached hydrogens (tertiary/aromatic N) is 1. The summed E-state index contributed by atoms with van der Waals surface area (Å²) in [7, 11) is 2.19. The maximum atomic E-state index is 4.60. The summed E-state index contributed by atoms with van der Waals surface area (Å²) >= 11 is 0. The first-order valence-electron chi connectivity index (χ1n) is 3.87. The lowest BCUT2D eigenvalue weighted by Crippen LogP contribution is -2.24. The quantitative estimate of drug-likeness (QED) is 0.462. The van der Waals surface area contributed by atoms with Gasteiger partial charge in [-0.3, -0.25) is 0 Å². The molecule has 1 heteroatoms. The van der Waals surface area contributed by atoms with Crippen LogP contribution in [-0.4, -0.2) is 25.0 Å². The predicted molar refractivity (Wildman–Crippen MR) is 45.9 cm³/mol. The number of rotatable bonds is 0. The highest BCUT2D eigenvalue weighted by Crippen LogP contribution is 2.04. The minimum absolute atomic E-state index is 1.32. The van der Waals surface area contributed by atoms with Crippen molar-refractivity contribution in [1.29, 1.82) is 0 Å². The molecular formula is C9H17N. The molecule has 1 aliphatic rings. The van der Waals surface area contributed by atoms with Gasteiger partial charge in [0, 0.05) is 0 Å². The summed E-state index contributed by atoms with van der Waals surface area (Å²) in [4.78, 5) is 2.39. The molecule has 0 bridgehead atoms. The number of likely N-dealkylation sites (tertiary alicyclic amines) is 1. The Labute approximate surface area is 64.4 Å². The second kappa shape index (κ2) is 6.64. The van der Waals surface area contributed by atoms with Gasteiger partial charge in [0.05, 0.1) is 0 Å². The average molecular weight is 139 g/mol. The Morgan fingerprint density at radius 1 is 1.20 bits per heavy atom. The van der Waals surface area contributed by atoms with Crippen molar-refractivity contribution in [1.82, 2.24) is 4.90 Å². The monoisotopic (exact) mass is 139 g/mol. The van der Waals surface area contributed by atoms with E-state index in [2.05, 4.69) is 24.3 Å². The Morgan fingerprint density at radius 3 is 1.80 bits per heavy atom. The summed E-state index contributed by atoms with van der Waals surface area (Å²) in [6.45, 7) is 4.29. The van der Waals surface area contributed by atoms with Gasteiger partial charge in [0.1, 0.15) is 0 Å². The van der Waals surface area contributed by atoms with Gasteiger partial charge in [0.2, 0.25) is 0 Å². The van der Waals surface area contributed by atoms with Gasteiger partial charge in [-0.2, -0.15) is 0 Å². The van der Waals surface area contributed by atoms with Gasteiger partial charge >= 0.3 is 0 Å². The molecule has 1 aliphatic heterocycles. The van der Waals surface area contributed by atoms with Gasteiger partial charge < -0.3 is 4.90 Å². The fourth-order valence-corrected chi connectivity index (χ4v) is 1.05. The van der Waals surface area contributed by atoms with Crippen LogP contribution in [0.4, 0.5) is 0 Å². The van der Waals surface area contributed by atoms with E-state index >= 15 is 0 Å². The minimum atomic E-state index is 1.32. The fourth-order valence-electron chi connectivity index (χ4n) is 1.05. The lowest BCUT2D eigenvalue weighted by molar-refractivity contribution is 0.277. The Morgan fingerprint density at radius 2 is 1.60 bits per heavy atom. The zero-order valence-corrected chi connectivity index (χ0v) is 7.06. The lowest BCUT2D eigenvalue weighted by atomic mass is 10.1. The summed E-state index contributed by atoms with van der Waals surface area (Å²) in [6.07, 6.45) is 8.87. The van der Waals surface area contributed by atoms with Gasteiger partial charge in [-0.25, -0.2) is 0 Å². The molecule has 1 nitrogen and oxygen atoms in total. The summed E-state index contributed by atoms with van der Waals surface area (Å²) in [5.41, 5.74) is 0. The van der Waals surface area contributed by atoms with Crippen molar-refractivity contribution >= 4 is 0 Å². The van der Waals surface area contributed by atoms with E-state index in [1.165, 1.54) is 32.4 Å². The lowest BCUT2D eigenvalue weighted by Gasteiger charge is -2.20. The first kappa shape index (κ1) is 9.52. The molecule has 0 unspecified atom stereocenters. The van der Waals surface area contributed by atoms with E-state index in [9.17, 15) is 0 Å². The Bertz CT molecular complexity index is 95.8. The highest BCUT2D eigenvalue weighted by atomic mass is 15.1. The molecule has 0 amide bonds. The molecular weight excluding hydrogens is 122 g/mol. The highest BCUT2D eigenvalue weighted by Gasteiger charge is 2.02. The van der Waals surface area contributed by atoms with E-state index in [0.717, 1.165) is 0 Å². The van der Waals surface area contributed by atoms with Crippen LogP contribution in [0.3, 0.4) is 0 Å². The zero-order chi connectivity index (χ0) is 7.82. The van der Waals surface area contributed by atoms with Gasteiger partial charge in [-0.05, 0) is 39.9 Å². The maximum Gasteiger partial charge on any atom is -0.00218 e. The Kier molecular flexibility index (Phi) is 6.32. The van der Waals surface area contributed by atoms with Gasteiger partial charge in [-0.15, -0.1) is 12.3 Å². The molecule has 0 N–H and O–H groups in total. The maximum absolute atomic E-state index is 4.60. The van der Waals surface area contributed by atoms with Crippen LogP contribution in [-0.2, 0) is 0 Å². The van der Waals surface area contributed by atoms with E-state index < -0.39 is 0 Å². The van der Waals surface area contributed by atoms with Crippen LogP contribution in [0.25, 0.3) is 0 Å². The first-order valence-corrected chi connectivity index (χ1v) is 3.87. The largest absolute Gasteiger partial charge is 0.306 e. The molecule has 58 valence electrons. The SMILES string of the molecule is C#CC.CN1CCCCC1. The summed E-state index contributed by atoms with van der Waals surface area (Å²) < 4.78 is 0. The minimum Gasteiger partial charge on any atom is -0.306 e. The molecule has 10 heavy (non-hydrogen) atoms. The second-order valence-electron chi connectivity index (χ2n) is 2.65. The smallest absolute Gasteiger partial charge is 0.00218 e. The number of hydrogen-bond acceptors (Lipinski definition) is 1. The van der Waals surface area contributed by atoms with Crippen molar-refractivity contribution in [2.75, 3.05) is 20.1 Å². The van der Waals surface area contributed by atoms with Crippen molar-refractivity contribution in [2.45, 2.75) is 26.2 Å². The van der Waals surface area contributed by atoms with Crippen molar-refractivity contribution < 1.29 is 0 Å². The van der Waals surface area contributed by atoms with Crippen molar-refractivity contribution in [3.05, 3.63) is 0 Å². The summed E-state index contributed by atoms with van der Waals surface area (Å²) in [6, 6.07) is 0. The van der Waals surface area contributed by atoms with Gasteiger partial charge in [0.15, 0.2) is 0 Å². The predicted octanol–water partition coefficient (Wildman–Crippen LogP) is 1.74. The normalized spacial score (nSPS) is 18.5. The molecule has 0 aliphatic carbocycles. The van der Waals surface area contributed by atoms with E-state index in [1.807, 2.05) is 0 Å². The van der Waals surface area contributed by atoms with Crippen LogP contribution in [0, 0.1) is 12.3 Å². The van der Waals surface area contributed by atoms with E-state index in [1.54, 1.807) is 6.92 Å². The third-order valence-electron chi connectivity index (χ3n) is 1.58. The van der Waals surface area contributed by atoms with E-state index in [0.29, 0.717) is 0 Å². The summed E-state index contributed by atoms with van der Waals surface area (Å²) in [5, 5.41) is 0. The van der Waals surface area contributed by atoms with Crippen LogP contribution in [0.5, 0.6) is 0 Å². The van der Waals surface area contributed by atoms with Crippen LogP contribution < -0.4 is 0 Å². The molecule has 0 aromatic carbocycles. The van der Waals surface area contributed by atoms with Crippen LogP contribution in [0.15, 0.2) is 0 Å². The zero-order valence-electron chi connectivity index (χ0n) is 7.06.